The molecule has 3 N–H and O–H groups in total. The summed E-state index contributed by atoms with van der Waals surface area (Å²) in [5, 5.41) is 15.8. The molecule has 0 fully saturated rings. The van der Waals surface area contributed by atoms with Gasteiger partial charge in [0.2, 0.25) is 5.91 Å². The first-order valence-electron chi connectivity index (χ1n) is 6.48. The Hall–Kier alpha value is -1.59. The Morgan fingerprint density at radius 2 is 2.10 bits per heavy atom. The summed E-state index contributed by atoms with van der Waals surface area (Å²) < 4.78 is 0. The Kier molecular flexibility index (Phi) is 6.48. The maximum Gasteiger partial charge on any atom is 0.230 e. The molecule has 0 heterocycles. The largest absolute Gasteiger partial charge is 0.544 e. The fourth-order valence-corrected chi connectivity index (χ4v) is 1.87. The second-order valence-corrected chi connectivity index (χ2v) is 5.49. The van der Waals surface area contributed by atoms with Crippen LogP contribution in [0.15, 0.2) is 24.3 Å². The summed E-state index contributed by atoms with van der Waals surface area (Å²) in [6.07, 6.45) is -0.137. The van der Waals surface area contributed by atoms with E-state index >= 15 is 0 Å². The Morgan fingerprint density at radius 1 is 1.40 bits per heavy atom. The molecule has 0 saturated heterocycles. The molecule has 0 aliphatic carbocycles. The van der Waals surface area contributed by atoms with E-state index in [1.807, 2.05) is 13.8 Å². The zero-order chi connectivity index (χ0) is 15.1. The van der Waals surface area contributed by atoms with Crippen molar-refractivity contribution < 1.29 is 20.0 Å². The van der Waals surface area contributed by atoms with Gasteiger partial charge in [-0.3, -0.25) is 4.79 Å². The lowest BCUT2D eigenvalue weighted by Crippen LogP contribution is -2.94. The number of hydrogen-bond acceptors (Lipinski definition) is 3. The topological polar surface area (TPSA) is 85.8 Å². The molecule has 0 aliphatic rings. The van der Waals surface area contributed by atoms with Gasteiger partial charge in [-0.15, -0.1) is 0 Å². The van der Waals surface area contributed by atoms with Gasteiger partial charge in [-0.05, 0) is 18.2 Å². The summed E-state index contributed by atoms with van der Waals surface area (Å²) in [6.45, 7) is 4.59. The molecule has 0 aromatic heterocycles. The number of rotatable bonds is 7. The Balaban J connectivity index is 2.55. The van der Waals surface area contributed by atoms with Crippen LogP contribution in [0.5, 0.6) is 0 Å². The minimum atomic E-state index is -1.23. The van der Waals surface area contributed by atoms with Gasteiger partial charge in [-0.1, -0.05) is 31.5 Å². The highest BCUT2D eigenvalue weighted by atomic mass is 35.5. The monoisotopic (exact) mass is 298 g/mol. The molecule has 1 amide bonds. The molecule has 20 heavy (non-hydrogen) atoms. The van der Waals surface area contributed by atoms with Crippen LogP contribution in [0.3, 0.4) is 0 Å². The summed E-state index contributed by atoms with van der Waals surface area (Å²) in [6, 6.07) is 5.81. The van der Waals surface area contributed by atoms with Crippen molar-refractivity contribution in [2.75, 3.05) is 11.9 Å². The second kappa shape index (κ2) is 7.87. The van der Waals surface area contributed by atoms with Gasteiger partial charge in [0.1, 0.15) is 6.04 Å². The van der Waals surface area contributed by atoms with E-state index in [0.29, 0.717) is 23.2 Å². The quantitative estimate of drug-likeness (QED) is 0.743. The van der Waals surface area contributed by atoms with Crippen molar-refractivity contribution in [1.29, 1.82) is 0 Å². The predicted molar refractivity (Wildman–Crippen MR) is 75.1 cm³/mol. The van der Waals surface area contributed by atoms with Crippen LogP contribution < -0.4 is 15.7 Å². The number of anilines is 1. The van der Waals surface area contributed by atoms with Gasteiger partial charge in [-0.2, -0.15) is 0 Å². The van der Waals surface area contributed by atoms with Gasteiger partial charge in [0.15, 0.2) is 0 Å². The van der Waals surface area contributed by atoms with Crippen LogP contribution in [0.25, 0.3) is 0 Å². The molecule has 0 spiro atoms. The molecular weight excluding hydrogens is 280 g/mol. The molecule has 1 atom stereocenters. The van der Waals surface area contributed by atoms with Crippen LogP contribution in [-0.2, 0) is 9.59 Å². The van der Waals surface area contributed by atoms with Gasteiger partial charge < -0.3 is 20.5 Å². The number of carboxylic acid groups (broad SMARTS) is 1. The van der Waals surface area contributed by atoms with Crippen molar-refractivity contribution in [3.8, 4) is 0 Å². The van der Waals surface area contributed by atoms with Crippen LogP contribution in [0.2, 0.25) is 5.02 Å². The van der Waals surface area contributed by atoms with Crippen LogP contribution in [0, 0.1) is 5.92 Å². The van der Waals surface area contributed by atoms with Gasteiger partial charge in [-0.25, -0.2) is 0 Å². The highest BCUT2D eigenvalue weighted by Gasteiger charge is 2.18. The first-order valence-corrected chi connectivity index (χ1v) is 6.86. The predicted octanol–water partition coefficient (Wildman–Crippen LogP) is 0.00650. The maximum absolute atomic E-state index is 11.8. The smallest absolute Gasteiger partial charge is 0.230 e. The van der Waals surface area contributed by atoms with Crippen LogP contribution in [-0.4, -0.2) is 24.5 Å². The number of nitrogens with one attached hydrogen (secondary N) is 1. The lowest BCUT2D eigenvalue weighted by Gasteiger charge is -2.17. The number of quaternary nitrogens is 1. The normalized spacial score (nSPS) is 12.2. The maximum atomic E-state index is 11.8. The lowest BCUT2D eigenvalue weighted by atomic mass is 10.1. The Labute approximate surface area is 123 Å². The fraction of sp³-hybridized carbons (Fsp3) is 0.429. The number of hydrogen-bond donors (Lipinski definition) is 2. The van der Waals surface area contributed by atoms with Crippen LogP contribution >= 0.6 is 11.6 Å². The number of aliphatic carboxylic acids is 1. The van der Waals surface area contributed by atoms with E-state index in [2.05, 4.69) is 5.32 Å². The average molecular weight is 299 g/mol. The number of halogens is 1. The summed E-state index contributed by atoms with van der Waals surface area (Å²) in [5.41, 5.74) is 0.545. The van der Waals surface area contributed by atoms with E-state index in [1.165, 1.54) is 0 Å². The van der Waals surface area contributed by atoms with Gasteiger partial charge in [0.05, 0.1) is 18.9 Å². The van der Waals surface area contributed by atoms with E-state index in [-0.39, 0.29) is 12.3 Å². The number of amides is 1. The van der Waals surface area contributed by atoms with Crippen molar-refractivity contribution in [3.05, 3.63) is 29.3 Å². The van der Waals surface area contributed by atoms with E-state index < -0.39 is 12.0 Å². The molecule has 0 aliphatic heterocycles. The highest BCUT2D eigenvalue weighted by Crippen LogP contribution is 2.14. The van der Waals surface area contributed by atoms with Crippen molar-refractivity contribution in [2.45, 2.75) is 26.3 Å². The van der Waals surface area contributed by atoms with Crippen molar-refractivity contribution >= 4 is 29.2 Å². The van der Waals surface area contributed by atoms with Gasteiger partial charge in [0, 0.05) is 16.6 Å². The van der Waals surface area contributed by atoms with Gasteiger partial charge >= 0.3 is 0 Å². The number of carbonyl (C=O) groups is 2. The molecule has 0 unspecified atom stereocenters. The molecule has 0 bridgehead atoms. The van der Waals surface area contributed by atoms with E-state index in [4.69, 9.17) is 11.6 Å². The van der Waals surface area contributed by atoms with E-state index in [0.717, 1.165) is 0 Å². The zero-order valence-electron chi connectivity index (χ0n) is 11.6. The van der Waals surface area contributed by atoms with Crippen LogP contribution in [0.1, 0.15) is 20.3 Å². The summed E-state index contributed by atoms with van der Waals surface area (Å²) in [5.74, 6) is -1.26. The SMILES string of the molecule is CC(C)C[NH2+][C@@H](CC(=O)Nc1cccc(Cl)c1)C(=O)[O-]. The molecule has 1 rings (SSSR count). The lowest BCUT2D eigenvalue weighted by molar-refractivity contribution is -0.686. The van der Waals surface area contributed by atoms with Crippen molar-refractivity contribution in [1.82, 2.24) is 0 Å². The number of carbonyl (C=O) groups excluding carboxylic acids is 2. The zero-order valence-corrected chi connectivity index (χ0v) is 12.3. The fourth-order valence-electron chi connectivity index (χ4n) is 1.68. The number of nitrogens with two attached hydrogens (primary N) is 1. The third-order valence-corrected chi connectivity index (χ3v) is 2.94. The highest BCUT2D eigenvalue weighted by molar-refractivity contribution is 6.30. The third kappa shape index (κ3) is 6.04. The molecular formula is C14H19ClN2O3. The summed E-state index contributed by atoms with van der Waals surface area (Å²) in [7, 11) is 0. The molecule has 6 heteroatoms. The van der Waals surface area contributed by atoms with Crippen LogP contribution in [0.4, 0.5) is 5.69 Å². The second-order valence-electron chi connectivity index (χ2n) is 5.05. The molecule has 0 radical (unpaired) electrons. The summed E-state index contributed by atoms with van der Waals surface area (Å²) >= 11 is 5.81. The molecule has 1 aromatic carbocycles. The van der Waals surface area contributed by atoms with Crippen molar-refractivity contribution in [2.24, 2.45) is 5.92 Å². The minimum absolute atomic E-state index is 0.137. The first-order chi connectivity index (χ1) is 9.38. The Morgan fingerprint density at radius 3 is 2.65 bits per heavy atom. The average Bonchev–Trinajstić information content (AvgIpc) is 2.33. The van der Waals surface area contributed by atoms with Crippen molar-refractivity contribution in [3.63, 3.8) is 0 Å². The molecule has 1 aromatic rings. The summed E-state index contributed by atoms with van der Waals surface area (Å²) in [4.78, 5) is 22.8. The van der Waals surface area contributed by atoms with E-state index in [9.17, 15) is 14.7 Å². The molecule has 110 valence electrons. The number of benzene rings is 1. The molecule has 5 nitrogen and oxygen atoms in total. The third-order valence-electron chi connectivity index (χ3n) is 2.71. The Bertz CT molecular complexity index is 477. The minimum Gasteiger partial charge on any atom is -0.544 e. The number of carboxylic acids is 1. The van der Waals surface area contributed by atoms with E-state index in [1.54, 1.807) is 29.6 Å². The first kappa shape index (κ1) is 16.5. The van der Waals surface area contributed by atoms with Gasteiger partial charge in [0.25, 0.3) is 0 Å². The molecule has 0 saturated carbocycles. The standard InChI is InChI=1S/C14H19ClN2O3/c1-9(2)8-16-12(14(19)20)7-13(18)17-11-5-3-4-10(15)6-11/h3-6,9,12,16H,7-8H2,1-2H3,(H,17,18)(H,19,20)/t12-/m0/s1.